The average Bonchev–Trinajstić information content (AvgIpc) is 2.73. The third kappa shape index (κ3) is 4.79. The Labute approximate surface area is 158 Å². The summed E-state index contributed by atoms with van der Waals surface area (Å²) < 4.78 is 0. The number of aryl methyl sites for hydroxylation is 1. The lowest BCUT2D eigenvalue weighted by molar-refractivity contribution is 0.0950. The maximum absolute atomic E-state index is 12.6. The van der Waals surface area contributed by atoms with Crippen molar-refractivity contribution in [2.75, 3.05) is 5.32 Å². The van der Waals surface area contributed by atoms with Crippen LogP contribution in [0.5, 0.6) is 0 Å². The van der Waals surface area contributed by atoms with Crippen LogP contribution in [0.15, 0.2) is 72.9 Å². The van der Waals surface area contributed by atoms with Crippen molar-refractivity contribution in [1.29, 1.82) is 0 Å². The molecule has 2 aromatic carbocycles. The van der Waals surface area contributed by atoms with Crippen LogP contribution in [0.1, 0.15) is 38.9 Å². The molecule has 0 aliphatic carbocycles. The van der Waals surface area contributed by atoms with Gasteiger partial charge in [0.2, 0.25) is 0 Å². The summed E-state index contributed by atoms with van der Waals surface area (Å²) in [5.41, 5.74) is 3.50. The van der Waals surface area contributed by atoms with Gasteiger partial charge in [-0.2, -0.15) is 0 Å². The molecule has 0 fully saturated rings. The van der Waals surface area contributed by atoms with E-state index in [4.69, 9.17) is 0 Å². The summed E-state index contributed by atoms with van der Waals surface area (Å²) in [6, 6.07) is 19.9. The minimum atomic E-state index is -0.246. The molecule has 0 bridgehead atoms. The first-order valence-corrected chi connectivity index (χ1v) is 8.85. The average molecular weight is 359 g/mol. The molecule has 1 aromatic heterocycles. The van der Waals surface area contributed by atoms with Crippen molar-refractivity contribution in [2.24, 2.45) is 0 Å². The van der Waals surface area contributed by atoms with Crippen LogP contribution in [-0.4, -0.2) is 16.8 Å². The molecule has 3 aromatic rings. The summed E-state index contributed by atoms with van der Waals surface area (Å²) in [4.78, 5) is 29.1. The van der Waals surface area contributed by atoms with Crippen molar-refractivity contribution in [3.63, 3.8) is 0 Å². The molecule has 0 aliphatic heterocycles. The second-order valence-corrected chi connectivity index (χ2v) is 6.05. The van der Waals surface area contributed by atoms with Gasteiger partial charge in [-0.05, 0) is 48.4 Å². The smallest absolute Gasteiger partial charge is 0.255 e. The van der Waals surface area contributed by atoms with Gasteiger partial charge < -0.3 is 10.6 Å². The maximum Gasteiger partial charge on any atom is 0.255 e. The SMILES string of the molecule is CCc1ccccc1NC(=O)c1cccc(C(=O)NCc2ccccn2)c1. The molecule has 5 nitrogen and oxygen atoms in total. The topological polar surface area (TPSA) is 71.1 Å². The second-order valence-electron chi connectivity index (χ2n) is 6.05. The lowest BCUT2D eigenvalue weighted by atomic mass is 10.1. The summed E-state index contributed by atoms with van der Waals surface area (Å²) >= 11 is 0. The van der Waals surface area contributed by atoms with Crippen molar-refractivity contribution in [3.8, 4) is 0 Å². The normalized spacial score (nSPS) is 10.3. The number of carbonyl (C=O) groups is 2. The van der Waals surface area contributed by atoms with Gasteiger partial charge in [-0.1, -0.05) is 37.3 Å². The van der Waals surface area contributed by atoms with Gasteiger partial charge >= 0.3 is 0 Å². The van der Waals surface area contributed by atoms with E-state index in [0.29, 0.717) is 17.7 Å². The quantitative estimate of drug-likeness (QED) is 0.703. The Balaban J connectivity index is 1.69. The molecule has 0 spiro atoms. The number of aromatic nitrogens is 1. The van der Waals surface area contributed by atoms with Crippen LogP contribution in [0.3, 0.4) is 0 Å². The fourth-order valence-corrected chi connectivity index (χ4v) is 2.72. The van der Waals surface area contributed by atoms with Gasteiger partial charge in [-0.3, -0.25) is 14.6 Å². The second kappa shape index (κ2) is 8.76. The highest BCUT2D eigenvalue weighted by atomic mass is 16.2. The van der Waals surface area contributed by atoms with E-state index in [-0.39, 0.29) is 11.8 Å². The Morgan fingerprint density at radius 2 is 1.63 bits per heavy atom. The summed E-state index contributed by atoms with van der Waals surface area (Å²) in [5.74, 6) is -0.487. The minimum absolute atomic E-state index is 0.240. The standard InChI is InChI=1S/C22H21N3O2/c1-2-16-8-3-4-12-20(16)25-22(27)18-10-7-9-17(14-18)21(26)24-15-19-11-5-6-13-23-19/h3-14H,2,15H2,1H3,(H,24,26)(H,25,27). The first kappa shape index (κ1) is 18.3. The van der Waals surface area contributed by atoms with Gasteiger partial charge in [0.15, 0.2) is 0 Å². The Morgan fingerprint density at radius 1 is 0.889 bits per heavy atom. The molecule has 1 heterocycles. The molecule has 27 heavy (non-hydrogen) atoms. The number of nitrogens with one attached hydrogen (secondary N) is 2. The first-order valence-electron chi connectivity index (χ1n) is 8.85. The lowest BCUT2D eigenvalue weighted by Gasteiger charge is -2.10. The molecule has 0 atom stereocenters. The third-order valence-electron chi connectivity index (χ3n) is 4.19. The molecule has 5 heteroatoms. The Morgan fingerprint density at radius 3 is 2.37 bits per heavy atom. The van der Waals surface area contributed by atoms with Gasteiger partial charge in [0, 0.05) is 23.0 Å². The monoisotopic (exact) mass is 359 g/mol. The zero-order chi connectivity index (χ0) is 19.1. The van der Waals surface area contributed by atoms with Crippen molar-refractivity contribution in [3.05, 3.63) is 95.3 Å². The minimum Gasteiger partial charge on any atom is -0.346 e. The maximum atomic E-state index is 12.6. The fourth-order valence-electron chi connectivity index (χ4n) is 2.72. The van der Waals surface area contributed by atoms with Crippen LogP contribution >= 0.6 is 0 Å². The van der Waals surface area contributed by atoms with Crippen molar-refractivity contribution in [2.45, 2.75) is 19.9 Å². The van der Waals surface area contributed by atoms with Crippen molar-refractivity contribution < 1.29 is 9.59 Å². The number of hydrogen-bond donors (Lipinski definition) is 2. The molecule has 136 valence electrons. The number of nitrogens with zero attached hydrogens (tertiary/aromatic N) is 1. The summed E-state index contributed by atoms with van der Waals surface area (Å²) in [5, 5.41) is 5.74. The zero-order valence-corrected chi connectivity index (χ0v) is 15.1. The highest BCUT2D eigenvalue weighted by Crippen LogP contribution is 2.17. The molecule has 0 radical (unpaired) electrons. The molecule has 0 saturated heterocycles. The Kier molecular flexibility index (Phi) is 5.94. The van der Waals surface area contributed by atoms with Gasteiger partial charge in [0.05, 0.1) is 12.2 Å². The predicted octanol–water partition coefficient (Wildman–Crippen LogP) is 3.83. The van der Waals surface area contributed by atoms with E-state index >= 15 is 0 Å². The molecule has 0 saturated carbocycles. The van der Waals surface area contributed by atoms with Gasteiger partial charge in [-0.25, -0.2) is 0 Å². The van der Waals surface area contributed by atoms with Crippen LogP contribution < -0.4 is 10.6 Å². The van der Waals surface area contributed by atoms with Gasteiger partial charge in [0.25, 0.3) is 11.8 Å². The molecular weight excluding hydrogens is 338 g/mol. The fraction of sp³-hybridized carbons (Fsp3) is 0.136. The van der Waals surface area contributed by atoms with E-state index in [1.807, 2.05) is 49.4 Å². The molecule has 0 unspecified atom stereocenters. The third-order valence-corrected chi connectivity index (χ3v) is 4.19. The van der Waals surface area contributed by atoms with Crippen LogP contribution in [0.25, 0.3) is 0 Å². The van der Waals surface area contributed by atoms with E-state index in [1.165, 1.54) is 0 Å². The number of rotatable bonds is 6. The number of amides is 2. The van der Waals surface area contributed by atoms with Crippen molar-refractivity contribution in [1.82, 2.24) is 10.3 Å². The number of carbonyl (C=O) groups excluding carboxylic acids is 2. The predicted molar refractivity (Wildman–Crippen MR) is 106 cm³/mol. The van der Waals surface area contributed by atoms with E-state index < -0.39 is 0 Å². The highest BCUT2D eigenvalue weighted by Gasteiger charge is 2.12. The van der Waals surface area contributed by atoms with E-state index in [2.05, 4.69) is 15.6 Å². The number of anilines is 1. The van der Waals surface area contributed by atoms with Crippen LogP contribution in [0, 0.1) is 0 Å². The number of pyridine rings is 1. The molecule has 0 aliphatic rings. The first-order chi connectivity index (χ1) is 13.2. The Bertz CT molecular complexity index is 939. The summed E-state index contributed by atoms with van der Waals surface area (Å²) in [6.45, 7) is 2.37. The summed E-state index contributed by atoms with van der Waals surface area (Å²) in [7, 11) is 0. The number of hydrogen-bond acceptors (Lipinski definition) is 3. The molecule has 3 rings (SSSR count). The molecular formula is C22H21N3O2. The van der Waals surface area contributed by atoms with Gasteiger partial charge in [0.1, 0.15) is 0 Å². The van der Waals surface area contributed by atoms with E-state index in [9.17, 15) is 9.59 Å². The van der Waals surface area contributed by atoms with E-state index in [0.717, 1.165) is 23.4 Å². The van der Waals surface area contributed by atoms with Crippen LogP contribution in [0.2, 0.25) is 0 Å². The number of benzene rings is 2. The zero-order valence-electron chi connectivity index (χ0n) is 15.1. The largest absolute Gasteiger partial charge is 0.346 e. The summed E-state index contributed by atoms with van der Waals surface area (Å²) in [6.07, 6.45) is 2.51. The van der Waals surface area contributed by atoms with Crippen LogP contribution in [0.4, 0.5) is 5.69 Å². The molecule has 2 N–H and O–H groups in total. The van der Waals surface area contributed by atoms with E-state index in [1.54, 1.807) is 30.5 Å². The Hall–Kier alpha value is -3.47. The molecule has 2 amide bonds. The van der Waals surface area contributed by atoms with Gasteiger partial charge in [-0.15, -0.1) is 0 Å². The van der Waals surface area contributed by atoms with Crippen molar-refractivity contribution >= 4 is 17.5 Å². The number of para-hydroxylation sites is 1. The highest BCUT2D eigenvalue weighted by molar-refractivity contribution is 6.06. The van der Waals surface area contributed by atoms with Crippen LogP contribution in [-0.2, 0) is 13.0 Å². The lowest BCUT2D eigenvalue weighted by Crippen LogP contribution is -2.23.